The molecule has 0 N–H and O–H groups in total. The van der Waals surface area contributed by atoms with E-state index >= 15 is 0 Å². The van der Waals surface area contributed by atoms with Crippen LogP contribution in [-0.4, -0.2) is 45.0 Å². The van der Waals surface area contributed by atoms with E-state index in [0.717, 1.165) is 6.42 Å². The fourth-order valence-corrected chi connectivity index (χ4v) is 3.97. The molecule has 1 aromatic rings. The third kappa shape index (κ3) is 2.42. The molecule has 0 aromatic heterocycles. The highest BCUT2D eigenvalue weighted by molar-refractivity contribution is 7.82. The summed E-state index contributed by atoms with van der Waals surface area (Å²) >= 11 is 0. The van der Waals surface area contributed by atoms with Gasteiger partial charge in [0, 0.05) is 32.1 Å². The topological polar surface area (TPSA) is 40.6 Å². The first-order chi connectivity index (χ1) is 9.15. The van der Waals surface area contributed by atoms with Crippen molar-refractivity contribution in [2.24, 2.45) is 0 Å². The molecular formula is C13H15FN2O2S. The molecule has 2 aliphatic heterocycles. The van der Waals surface area contributed by atoms with Crippen LogP contribution in [0.2, 0.25) is 0 Å². The number of hydrogen-bond donors (Lipinski definition) is 0. The van der Waals surface area contributed by atoms with Crippen LogP contribution >= 0.6 is 0 Å². The zero-order valence-electron chi connectivity index (χ0n) is 10.4. The minimum Gasteiger partial charge on any atom is -0.337 e. The Balaban J connectivity index is 1.74. The monoisotopic (exact) mass is 282 g/mol. The Morgan fingerprint density at radius 3 is 2.95 bits per heavy atom. The number of fused-ring (bicyclic) bond motifs is 1. The normalized spacial score (nSPS) is 25.4. The second kappa shape index (κ2) is 5.02. The lowest BCUT2D eigenvalue weighted by molar-refractivity contribution is -0.130. The fraction of sp³-hybridized carbons (Fsp3) is 0.462. The Labute approximate surface area is 113 Å². The molecule has 0 saturated carbocycles. The number of rotatable bonds is 2. The van der Waals surface area contributed by atoms with Gasteiger partial charge in [-0.05, 0) is 24.6 Å². The summed E-state index contributed by atoms with van der Waals surface area (Å²) in [6.07, 6.45) is 1.42. The molecule has 0 aliphatic carbocycles. The van der Waals surface area contributed by atoms with Crippen molar-refractivity contribution < 1.29 is 13.4 Å². The quantitative estimate of drug-likeness (QED) is 0.816. The average Bonchev–Trinajstić information content (AvgIpc) is 2.79. The maximum Gasteiger partial charge on any atom is 0.222 e. The lowest BCUT2D eigenvalue weighted by Gasteiger charge is -2.36. The third-order valence-electron chi connectivity index (χ3n) is 3.69. The Kier molecular flexibility index (Phi) is 3.36. The summed E-state index contributed by atoms with van der Waals surface area (Å²) in [5, 5.41) is 0. The molecule has 2 aliphatic rings. The minimum absolute atomic E-state index is 0.166. The van der Waals surface area contributed by atoms with E-state index < -0.39 is 11.0 Å². The highest BCUT2D eigenvalue weighted by atomic mass is 32.2. The van der Waals surface area contributed by atoms with Crippen molar-refractivity contribution in [2.45, 2.75) is 23.8 Å². The zero-order valence-corrected chi connectivity index (χ0v) is 11.2. The molecule has 102 valence electrons. The van der Waals surface area contributed by atoms with Gasteiger partial charge in [-0.15, -0.1) is 0 Å². The molecule has 2 atom stereocenters. The van der Waals surface area contributed by atoms with Crippen molar-refractivity contribution in [3.8, 4) is 0 Å². The van der Waals surface area contributed by atoms with Crippen LogP contribution in [0.5, 0.6) is 0 Å². The molecule has 1 aromatic carbocycles. The first kappa shape index (κ1) is 12.7. The van der Waals surface area contributed by atoms with Crippen LogP contribution in [0.4, 0.5) is 4.39 Å². The number of piperazine rings is 1. The molecule has 2 heterocycles. The van der Waals surface area contributed by atoms with Crippen molar-refractivity contribution in [3.05, 3.63) is 30.1 Å². The van der Waals surface area contributed by atoms with E-state index in [4.69, 9.17) is 0 Å². The molecule has 4 nitrogen and oxygen atoms in total. The van der Waals surface area contributed by atoms with E-state index in [-0.39, 0.29) is 17.8 Å². The number of carbonyl (C=O) groups is 1. The predicted molar refractivity (Wildman–Crippen MR) is 69.1 cm³/mol. The maximum atomic E-state index is 13.2. The standard InChI is InChI=1S/C13H15FN2O2S/c14-10-2-1-3-12(8-10)19(18)15-6-7-16-11(9-15)4-5-13(16)17/h1-3,8,11H,4-7,9H2. The first-order valence-electron chi connectivity index (χ1n) is 6.37. The third-order valence-corrected chi connectivity index (χ3v) is 5.15. The summed E-state index contributed by atoms with van der Waals surface area (Å²) in [5.41, 5.74) is 0. The van der Waals surface area contributed by atoms with Gasteiger partial charge in [-0.25, -0.2) is 12.9 Å². The molecule has 6 heteroatoms. The van der Waals surface area contributed by atoms with E-state index in [1.807, 2.05) is 9.21 Å². The van der Waals surface area contributed by atoms with E-state index in [1.54, 1.807) is 12.1 Å². The molecule has 1 amide bonds. The van der Waals surface area contributed by atoms with Crippen LogP contribution in [0, 0.1) is 5.82 Å². The van der Waals surface area contributed by atoms with Crippen LogP contribution in [0.25, 0.3) is 0 Å². The van der Waals surface area contributed by atoms with Crippen molar-refractivity contribution in [1.29, 1.82) is 0 Å². The summed E-state index contributed by atoms with van der Waals surface area (Å²) in [4.78, 5) is 13.9. The van der Waals surface area contributed by atoms with E-state index in [1.165, 1.54) is 12.1 Å². The van der Waals surface area contributed by atoms with Gasteiger partial charge in [0.25, 0.3) is 0 Å². The van der Waals surface area contributed by atoms with E-state index in [2.05, 4.69) is 0 Å². The van der Waals surface area contributed by atoms with E-state index in [0.29, 0.717) is 31.0 Å². The zero-order chi connectivity index (χ0) is 13.4. The Morgan fingerprint density at radius 1 is 1.32 bits per heavy atom. The average molecular weight is 282 g/mol. The highest BCUT2D eigenvalue weighted by Crippen LogP contribution is 2.25. The van der Waals surface area contributed by atoms with E-state index in [9.17, 15) is 13.4 Å². The molecule has 0 bridgehead atoms. The summed E-state index contributed by atoms with van der Waals surface area (Å²) in [6, 6.07) is 6.05. The summed E-state index contributed by atoms with van der Waals surface area (Å²) in [5.74, 6) is -0.179. The van der Waals surface area contributed by atoms with Crippen molar-refractivity contribution in [3.63, 3.8) is 0 Å². The summed E-state index contributed by atoms with van der Waals surface area (Å²) in [7, 11) is -1.35. The molecule has 0 radical (unpaired) electrons. The molecule has 0 spiro atoms. The Morgan fingerprint density at radius 2 is 2.16 bits per heavy atom. The van der Waals surface area contributed by atoms with Gasteiger partial charge >= 0.3 is 0 Å². The van der Waals surface area contributed by atoms with Crippen LogP contribution in [0.15, 0.2) is 29.2 Å². The molecule has 19 heavy (non-hydrogen) atoms. The number of hydrogen-bond acceptors (Lipinski definition) is 2. The number of halogens is 1. The van der Waals surface area contributed by atoms with Crippen molar-refractivity contribution >= 4 is 16.9 Å². The molecule has 3 rings (SSSR count). The lowest BCUT2D eigenvalue weighted by Crippen LogP contribution is -2.51. The number of benzene rings is 1. The molecule has 2 fully saturated rings. The second-order valence-corrected chi connectivity index (χ2v) is 6.36. The smallest absolute Gasteiger partial charge is 0.222 e. The molecule has 2 saturated heterocycles. The minimum atomic E-state index is -1.35. The van der Waals surface area contributed by atoms with Gasteiger partial charge in [-0.1, -0.05) is 6.07 Å². The molecule has 2 unspecified atom stereocenters. The van der Waals surface area contributed by atoms with Gasteiger partial charge in [0.1, 0.15) is 16.8 Å². The number of amides is 1. The van der Waals surface area contributed by atoms with Crippen molar-refractivity contribution in [2.75, 3.05) is 19.6 Å². The number of nitrogens with zero attached hydrogens (tertiary/aromatic N) is 2. The largest absolute Gasteiger partial charge is 0.337 e. The van der Waals surface area contributed by atoms with Crippen LogP contribution < -0.4 is 0 Å². The summed E-state index contributed by atoms with van der Waals surface area (Å²) < 4.78 is 27.4. The van der Waals surface area contributed by atoms with Gasteiger partial charge in [0.05, 0.1) is 4.90 Å². The SMILES string of the molecule is O=C1CCC2CN(S(=O)c3cccc(F)c3)CCN12. The highest BCUT2D eigenvalue weighted by Gasteiger charge is 2.37. The lowest BCUT2D eigenvalue weighted by atomic mass is 10.2. The van der Waals surface area contributed by atoms with Gasteiger partial charge in [-0.3, -0.25) is 4.79 Å². The van der Waals surface area contributed by atoms with Gasteiger partial charge < -0.3 is 4.90 Å². The maximum absolute atomic E-state index is 13.2. The van der Waals surface area contributed by atoms with Crippen LogP contribution in [0.1, 0.15) is 12.8 Å². The Bertz CT molecular complexity index is 537. The molecular weight excluding hydrogens is 267 g/mol. The van der Waals surface area contributed by atoms with Crippen LogP contribution in [0.3, 0.4) is 0 Å². The van der Waals surface area contributed by atoms with Gasteiger partial charge in [0.15, 0.2) is 0 Å². The van der Waals surface area contributed by atoms with Gasteiger partial charge in [-0.2, -0.15) is 0 Å². The van der Waals surface area contributed by atoms with Crippen molar-refractivity contribution in [1.82, 2.24) is 9.21 Å². The number of carbonyl (C=O) groups excluding carboxylic acids is 1. The first-order valence-corrected chi connectivity index (χ1v) is 7.48. The van der Waals surface area contributed by atoms with Gasteiger partial charge in [0.2, 0.25) is 5.91 Å². The summed E-state index contributed by atoms with van der Waals surface area (Å²) in [6.45, 7) is 1.80. The second-order valence-electron chi connectivity index (χ2n) is 4.87. The van der Waals surface area contributed by atoms with Crippen LogP contribution in [-0.2, 0) is 15.8 Å². The Hall–Kier alpha value is -1.27. The fourth-order valence-electron chi connectivity index (χ4n) is 2.71. The predicted octanol–water partition coefficient (Wildman–Crippen LogP) is 1.15.